The van der Waals surface area contributed by atoms with Gasteiger partial charge in [0.25, 0.3) is 0 Å². The van der Waals surface area contributed by atoms with Crippen LogP contribution in [0.25, 0.3) is 22.2 Å². The molecular formula is C20H21N5O3S. The Morgan fingerprint density at radius 2 is 2.03 bits per heavy atom. The van der Waals surface area contributed by atoms with E-state index in [4.69, 9.17) is 5.26 Å². The van der Waals surface area contributed by atoms with Gasteiger partial charge in [0, 0.05) is 30.2 Å². The first-order valence-electron chi connectivity index (χ1n) is 9.41. The first-order chi connectivity index (χ1) is 14.0. The number of pyridine rings is 1. The molecule has 150 valence electrons. The quantitative estimate of drug-likeness (QED) is 0.571. The van der Waals surface area contributed by atoms with E-state index in [0.29, 0.717) is 40.8 Å². The third kappa shape index (κ3) is 3.96. The molecule has 29 heavy (non-hydrogen) atoms. The Balaban J connectivity index is 1.55. The number of hydrogen-bond acceptors (Lipinski definition) is 6. The molecule has 1 aromatic carbocycles. The van der Waals surface area contributed by atoms with E-state index in [1.165, 1.54) is 12.3 Å². The fourth-order valence-corrected chi connectivity index (χ4v) is 4.59. The molecule has 8 nitrogen and oxygen atoms in total. The second-order valence-electron chi connectivity index (χ2n) is 7.05. The Bertz CT molecular complexity index is 1170. The van der Waals surface area contributed by atoms with Gasteiger partial charge in [0.2, 0.25) is 10.0 Å². The molecule has 0 saturated carbocycles. The lowest BCUT2D eigenvalue weighted by Gasteiger charge is -2.14. The molecule has 3 heterocycles. The smallest absolute Gasteiger partial charge is 0.242 e. The normalized spacial score (nSPS) is 15.0. The van der Waals surface area contributed by atoms with E-state index in [2.05, 4.69) is 25.7 Å². The Labute approximate surface area is 168 Å². The molecule has 2 aromatic heterocycles. The van der Waals surface area contributed by atoms with Gasteiger partial charge in [0.05, 0.1) is 22.9 Å². The summed E-state index contributed by atoms with van der Waals surface area (Å²) in [4.78, 5) is 9.40. The van der Waals surface area contributed by atoms with Crippen molar-refractivity contribution in [2.75, 3.05) is 26.2 Å². The molecule has 4 rings (SSSR count). The zero-order valence-electron chi connectivity index (χ0n) is 15.7. The predicted molar refractivity (Wildman–Crippen MR) is 109 cm³/mol. The fraction of sp³-hybridized carbons (Fsp3) is 0.300. The molecule has 0 radical (unpaired) electrons. The Hall–Kier alpha value is -2.93. The standard InChI is InChI=1S/C20H21N5O3S/c21-12-14-3-5-17-16(11-14)19(20(26)24-17)18-6-4-15(13-22-18)29(27,28)23-7-10-25-8-1-2-9-25/h3-6,11,13,23-24,26H,1-2,7-10H2. The molecule has 3 aromatic rings. The van der Waals surface area contributed by atoms with E-state index in [9.17, 15) is 13.5 Å². The van der Waals surface area contributed by atoms with Gasteiger partial charge in [0.1, 0.15) is 4.90 Å². The number of fused-ring (bicyclic) bond motifs is 1. The van der Waals surface area contributed by atoms with Gasteiger partial charge in [0.15, 0.2) is 5.88 Å². The van der Waals surface area contributed by atoms with Crippen LogP contribution in [0.4, 0.5) is 0 Å². The minimum atomic E-state index is -3.65. The van der Waals surface area contributed by atoms with Crippen LogP contribution in [0.5, 0.6) is 5.88 Å². The van der Waals surface area contributed by atoms with Crippen molar-refractivity contribution < 1.29 is 13.5 Å². The highest BCUT2D eigenvalue weighted by Gasteiger charge is 2.19. The number of sulfonamides is 1. The third-order valence-electron chi connectivity index (χ3n) is 5.13. The van der Waals surface area contributed by atoms with Gasteiger partial charge < -0.3 is 15.0 Å². The van der Waals surface area contributed by atoms with Crippen molar-refractivity contribution in [3.63, 3.8) is 0 Å². The maximum absolute atomic E-state index is 12.5. The first-order valence-corrected chi connectivity index (χ1v) is 10.9. The van der Waals surface area contributed by atoms with Gasteiger partial charge in [-0.15, -0.1) is 0 Å². The molecule has 0 bridgehead atoms. The Kier molecular flexibility index (Phi) is 5.24. The summed E-state index contributed by atoms with van der Waals surface area (Å²) in [7, 11) is -3.65. The van der Waals surface area contributed by atoms with Gasteiger partial charge in [-0.2, -0.15) is 5.26 Å². The van der Waals surface area contributed by atoms with E-state index < -0.39 is 10.0 Å². The first kappa shape index (κ1) is 19.4. The largest absolute Gasteiger partial charge is 0.494 e. The maximum Gasteiger partial charge on any atom is 0.242 e. The topological polar surface area (TPSA) is 122 Å². The Morgan fingerprint density at radius 3 is 2.72 bits per heavy atom. The number of aromatic amines is 1. The van der Waals surface area contributed by atoms with Crippen molar-refractivity contribution in [3.8, 4) is 23.2 Å². The van der Waals surface area contributed by atoms with Crippen molar-refractivity contribution in [3.05, 3.63) is 42.1 Å². The summed E-state index contributed by atoms with van der Waals surface area (Å²) in [6, 6.07) is 10.1. The second-order valence-corrected chi connectivity index (χ2v) is 8.81. The number of hydrogen-bond donors (Lipinski definition) is 3. The summed E-state index contributed by atoms with van der Waals surface area (Å²) in [5.41, 5.74) is 1.97. The van der Waals surface area contributed by atoms with Crippen LogP contribution in [0, 0.1) is 11.3 Å². The van der Waals surface area contributed by atoms with Crippen molar-refractivity contribution >= 4 is 20.9 Å². The average molecular weight is 411 g/mol. The van der Waals surface area contributed by atoms with Crippen molar-refractivity contribution in [2.45, 2.75) is 17.7 Å². The van der Waals surface area contributed by atoms with Crippen LogP contribution in [-0.4, -0.2) is 54.6 Å². The molecule has 0 unspecified atom stereocenters. The summed E-state index contributed by atoms with van der Waals surface area (Å²) >= 11 is 0. The fourth-order valence-electron chi connectivity index (χ4n) is 3.62. The van der Waals surface area contributed by atoms with E-state index in [1.54, 1.807) is 24.3 Å². The number of benzene rings is 1. The lowest BCUT2D eigenvalue weighted by Crippen LogP contribution is -2.33. The number of H-pyrrole nitrogens is 1. The molecule has 1 fully saturated rings. The van der Waals surface area contributed by atoms with E-state index in [1.807, 2.05) is 0 Å². The SMILES string of the molecule is N#Cc1ccc2[nH]c(O)c(-c3ccc(S(=O)(=O)NCCN4CCCC4)cn3)c2c1. The lowest BCUT2D eigenvalue weighted by molar-refractivity contribution is 0.344. The zero-order valence-corrected chi connectivity index (χ0v) is 16.5. The molecule has 1 aliphatic rings. The molecule has 1 aliphatic heterocycles. The number of nitriles is 1. The number of nitrogens with zero attached hydrogens (tertiary/aromatic N) is 3. The van der Waals surface area contributed by atoms with Crippen LogP contribution < -0.4 is 4.72 Å². The molecule has 0 atom stereocenters. The molecule has 0 amide bonds. The highest BCUT2D eigenvalue weighted by Crippen LogP contribution is 2.36. The number of likely N-dealkylation sites (tertiary alicyclic amines) is 1. The van der Waals surface area contributed by atoms with Gasteiger partial charge >= 0.3 is 0 Å². The van der Waals surface area contributed by atoms with Crippen molar-refractivity contribution in [1.82, 2.24) is 19.6 Å². The van der Waals surface area contributed by atoms with Crippen LogP contribution >= 0.6 is 0 Å². The van der Waals surface area contributed by atoms with Crippen molar-refractivity contribution in [1.29, 1.82) is 5.26 Å². The maximum atomic E-state index is 12.5. The summed E-state index contributed by atoms with van der Waals surface area (Å²) < 4.78 is 27.6. The lowest BCUT2D eigenvalue weighted by atomic mass is 10.1. The van der Waals surface area contributed by atoms with Gasteiger partial charge in [-0.05, 0) is 56.3 Å². The summed E-state index contributed by atoms with van der Waals surface area (Å²) in [6.45, 7) is 3.07. The van der Waals surface area contributed by atoms with Gasteiger partial charge in [-0.1, -0.05) is 0 Å². The van der Waals surface area contributed by atoms with Gasteiger partial charge in [-0.25, -0.2) is 13.1 Å². The Morgan fingerprint density at radius 1 is 1.24 bits per heavy atom. The minimum Gasteiger partial charge on any atom is -0.494 e. The van der Waals surface area contributed by atoms with Crippen LogP contribution in [0.1, 0.15) is 18.4 Å². The van der Waals surface area contributed by atoms with Crippen LogP contribution in [-0.2, 0) is 10.0 Å². The summed E-state index contributed by atoms with van der Waals surface area (Å²) in [5.74, 6) is -0.0815. The molecule has 3 N–H and O–H groups in total. The predicted octanol–water partition coefficient (Wildman–Crippen LogP) is 2.18. The highest BCUT2D eigenvalue weighted by molar-refractivity contribution is 7.89. The van der Waals surface area contributed by atoms with E-state index in [0.717, 1.165) is 25.9 Å². The summed E-state index contributed by atoms with van der Waals surface area (Å²) in [5, 5.41) is 20.0. The summed E-state index contributed by atoms with van der Waals surface area (Å²) in [6.07, 6.45) is 3.60. The van der Waals surface area contributed by atoms with Crippen LogP contribution in [0.3, 0.4) is 0 Å². The molecule has 9 heteroatoms. The highest BCUT2D eigenvalue weighted by atomic mass is 32.2. The number of aromatic nitrogens is 2. The van der Waals surface area contributed by atoms with Crippen LogP contribution in [0.15, 0.2) is 41.4 Å². The number of rotatable bonds is 6. The van der Waals surface area contributed by atoms with Gasteiger partial charge in [-0.3, -0.25) is 4.98 Å². The molecule has 0 aliphatic carbocycles. The third-order valence-corrected chi connectivity index (χ3v) is 6.58. The zero-order chi connectivity index (χ0) is 20.4. The number of aromatic hydroxyl groups is 1. The van der Waals surface area contributed by atoms with Crippen molar-refractivity contribution in [2.24, 2.45) is 0 Å². The average Bonchev–Trinajstić information content (AvgIpc) is 3.34. The minimum absolute atomic E-state index is 0.0692. The van der Waals surface area contributed by atoms with E-state index in [-0.39, 0.29) is 10.8 Å². The second kappa shape index (κ2) is 7.83. The molecule has 0 spiro atoms. The molecular weight excluding hydrogens is 390 g/mol. The molecule has 1 saturated heterocycles. The number of nitrogens with one attached hydrogen (secondary N) is 2. The monoisotopic (exact) mass is 411 g/mol. The van der Waals surface area contributed by atoms with E-state index >= 15 is 0 Å². The van der Waals surface area contributed by atoms with Crippen LogP contribution in [0.2, 0.25) is 0 Å².